The summed E-state index contributed by atoms with van der Waals surface area (Å²) >= 11 is 3.07. The first-order valence-electron chi connectivity index (χ1n) is 9.77. The van der Waals surface area contributed by atoms with Crippen molar-refractivity contribution in [3.05, 3.63) is 52.4 Å². The van der Waals surface area contributed by atoms with Crippen LogP contribution >= 0.6 is 23.1 Å². The van der Waals surface area contributed by atoms with Crippen LogP contribution in [0.15, 0.2) is 50.6 Å². The average molecular weight is 428 g/mol. The van der Waals surface area contributed by atoms with Crippen molar-refractivity contribution >= 4 is 34.7 Å². The van der Waals surface area contributed by atoms with Gasteiger partial charge in [0.25, 0.3) is 5.91 Å². The number of thiophene rings is 1. The minimum atomic E-state index is -0.207. The summed E-state index contributed by atoms with van der Waals surface area (Å²) in [4.78, 5) is 14.2. The highest BCUT2D eigenvalue weighted by Crippen LogP contribution is 2.40. The van der Waals surface area contributed by atoms with Crippen molar-refractivity contribution in [3.8, 4) is 0 Å². The molecule has 7 nitrogen and oxygen atoms in total. The van der Waals surface area contributed by atoms with Crippen LogP contribution in [0.3, 0.4) is 0 Å². The Bertz CT molecular complexity index is 1020. The van der Waals surface area contributed by atoms with E-state index >= 15 is 0 Å². The molecule has 1 aliphatic carbocycles. The molecule has 0 aromatic carbocycles. The second-order valence-corrected chi connectivity index (χ2v) is 9.04. The maximum atomic E-state index is 13.1. The van der Waals surface area contributed by atoms with Crippen LogP contribution in [0.25, 0.3) is 0 Å². The lowest BCUT2D eigenvalue weighted by atomic mass is 10.1. The van der Waals surface area contributed by atoms with Gasteiger partial charge in [-0.1, -0.05) is 17.8 Å². The molecule has 1 aliphatic heterocycles. The topological polar surface area (TPSA) is 76.5 Å². The van der Waals surface area contributed by atoms with E-state index in [1.165, 1.54) is 24.6 Å². The predicted octanol–water partition coefficient (Wildman–Crippen LogP) is 4.30. The van der Waals surface area contributed by atoms with Crippen LogP contribution in [0, 0.1) is 0 Å². The lowest BCUT2D eigenvalue weighted by molar-refractivity contribution is -0.130. The van der Waals surface area contributed by atoms with E-state index in [9.17, 15) is 4.79 Å². The minimum Gasteiger partial charge on any atom is -0.467 e. The first kappa shape index (κ1) is 18.6. The Balaban J connectivity index is 1.34. The highest BCUT2D eigenvalue weighted by molar-refractivity contribution is 7.99. The summed E-state index contributed by atoms with van der Waals surface area (Å²) in [7, 11) is 0. The number of carbonyl (C=O) groups is 1. The van der Waals surface area contributed by atoms with Gasteiger partial charge in [0.2, 0.25) is 0 Å². The maximum Gasteiger partial charge on any atom is 0.253 e. The maximum absolute atomic E-state index is 13.1. The first-order chi connectivity index (χ1) is 14.2. The number of hydrogen-bond acceptors (Lipinski definition) is 7. The third kappa shape index (κ3) is 3.64. The van der Waals surface area contributed by atoms with E-state index in [0.717, 1.165) is 33.9 Å². The Morgan fingerprint density at radius 2 is 2.21 bits per heavy atom. The van der Waals surface area contributed by atoms with Crippen LogP contribution in [-0.2, 0) is 11.3 Å². The van der Waals surface area contributed by atoms with Crippen molar-refractivity contribution in [2.45, 2.75) is 49.8 Å². The molecule has 1 saturated carbocycles. The summed E-state index contributed by atoms with van der Waals surface area (Å²) in [6.07, 6.45) is 4.65. The molecule has 1 atom stereocenters. The van der Waals surface area contributed by atoms with Crippen LogP contribution in [0.1, 0.15) is 54.6 Å². The predicted molar refractivity (Wildman–Crippen MR) is 112 cm³/mol. The molecule has 0 bridgehead atoms. The summed E-state index contributed by atoms with van der Waals surface area (Å²) < 4.78 is 7.73. The normalized spacial score (nSPS) is 19.0. The molecule has 0 saturated heterocycles. The molecule has 3 aromatic rings. The molecule has 5 rings (SSSR count). The zero-order valence-corrected chi connectivity index (χ0v) is 17.7. The van der Waals surface area contributed by atoms with Gasteiger partial charge in [0, 0.05) is 18.9 Å². The lowest BCUT2D eigenvalue weighted by Gasteiger charge is -2.19. The van der Waals surface area contributed by atoms with Gasteiger partial charge < -0.3 is 8.98 Å². The fourth-order valence-electron chi connectivity index (χ4n) is 3.57. The summed E-state index contributed by atoms with van der Waals surface area (Å²) in [6, 6.07) is 7.58. The molecule has 0 unspecified atom stereocenters. The quantitative estimate of drug-likeness (QED) is 0.526. The van der Waals surface area contributed by atoms with Gasteiger partial charge in [-0.05, 0) is 43.3 Å². The molecule has 1 fully saturated rings. The SMILES string of the molecule is CCn1c(SCC(=O)N2N=C(c3cccs3)C[C@@H]2c2ccco2)nnc1C1CC1. The Labute approximate surface area is 176 Å². The molecule has 9 heteroatoms. The third-order valence-electron chi connectivity index (χ3n) is 5.17. The fraction of sp³-hybridized carbons (Fsp3) is 0.400. The highest BCUT2D eigenvalue weighted by atomic mass is 32.2. The highest BCUT2D eigenvalue weighted by Gasteiger charge is 2.35. The van der Waals surface area contributed by atoms with Gasteiger partial charge in [-0.2, -0.15) is 5.10 Å². The van der Waals surface area contributed by atoms with Crippen LogP contribution < -0.4 is 0 Å². The van der Waals surface area contributed by atoms with Crippen LogP contribution in [0.5, 0.6) is 0 Å². The van der Waals surface area contributed by atoms with E-state index in [1.54, 1.807) is 22.6 Å². The Kier molecular flexibility index (Phi) is 5.01. The number of amides is 1. The number of aromatic nitrogens is 3. The van der Waals surface area contributed by atoms with Gasteiger partial charge in [0.1, 0.15) is 17.6 Å². The number of rotatable bonds is 7. The number of hydrazone groups is 1. The Morgan fingerprint density at radius 3 is 2.90 bits per heavy atom. The molecule has 0 spiro atoms. The van der Waals surface area contributed by atoms with Gasteiger partial charge in [-0.15, -0.1) is 21.5 Å². The third-order valence-corrected chi connectivity index (χ3v) is 7.04. The fourth-order valence-corrected chi connectivity index (χ4v) is 5.16. The van der Waals surface area contributed by atoms with E-state index in [1.807, 2.05) is 29.6 Å². The van der Waals surface area contributed by atoms with Crippen LogP contribution in [-0.4, -0.2) is 37.1 Å². The largest absolute Gasteiger partial charge is 0.467 e. The van der Waals surface area contributed by atoms with E-state index in [4.69, 9.17) is 4.42 Å². The molecular weight excluding hydrogens is 406 g/mol. The van der Waals surface area contributed by atoms with Gasteiger partial charge in [0.05, 0.1) is 22.6 Å². The van der Waals surface area contributed by atoms with Gasteiger partial charge in [-0.3, -0.25) is 4.79 Å². The molecule has 150 valence electrons. The lowest BCUT2D eigenvalue weighted by Crippen LogP contribution is -2.28. The monoisotopic (exact) mass is 427 g/mol. The average Bonchev–Trinajstić information content (AvgIpc) is 3.23. The van der Waals surface area contributed by atoms with E-state index in [2.05, 4.69) is 26.8 Å². The van der Waals surface area contributed by atoms with E-state index < -0.39 is 0 Å². The smallest absolute Gasteiger partial charge is 0.253 e. The van der Waals surface area contributed by atoms with Crippen molar-refractivity contribution in [2.24, 2.45) is 5.10 Å². The van der Waals surface area contributed by atoms with Crippen LogP contribution in [0.4, 0.5) is 0 Å². The van der Waals surface area contributed by atoms with Gasteiger partial charge in [-0.25, -0.2) is 5.01 Å². The molecule has 3 aromatic heterocycles. The van der Waals surface area contributed by atoms with Crippen molar-refractivity contribution in [2.75, 3.05) is 5.75 Å². The Hall–Kier alpha value is -2.39. The molecule has 0 N–H and O–H groups in total. The van der Waals surface area contributed by atoms with Crippen molar-refractivity contribution in [1.82, 2.24) is 19.8 Å². The van der Waals surface area contributed by atoms with Crippen molar-refractivity contribution in [3.63, 3.8) is 0 Å². The minimum absolute atomic E-state index is 0.0541. The van der Waals surface area contributed by atoms with E-state index in [0.29, 0.717) is 12.3 Å². The molecule has 29 heavy (non-hydrogen) atoms. The molecule has 0 radical (unpaired) electrons. The number of hydrogen-bond donors (Lipinski definition) is 0. The number of furan rings is 1. The number of carbonyl (C=O) groups excluding carboxylic acids is 1. The second kappa shape index (κ2) is 7.79. The number of nitrogens with zero attached hydrogens (tertiary/aromatic N) is 5. The summed E-state index contributed by atoms with van der Waals surface area (Å²) in [5.74, 6) is 2.55. The second-order valence-electron chi connectivity index (χ2n) is 7.15. The van der Waals surface area contributed by atoms with Gasteiger partial charge in [0.15, 0.2) is 5.16 Å². The first-order valence-corrected chi connectivity index (χ1v) is 11.6. The zero-order chi connectivity index (χ0) is 19.8. The number of thioether (sulfide) groups is 1. The molecular formula is C20H21N5O2S2. The zero-order valence-electron chi connectivity index (χ0n) is 16.0. The van der Waals surface area contributed by atoms with E-state index in [-0.39, 0.29) is 17.7 Å². The molecule has 4 heterocycles. The van der Waals surface area contributed by atoms with Crippen LogP contribution in [0.2, 0.25) is 0 Å². The summed E-state index contributed by atoms with van der Waals surface area (Å²) in [5, 5.41) is 17.7. The van der Waals surface area contributed by atoms with Crippen molar-refractivity contribution in [1.29, 1.82) is 0 Å². The van der Waals surface area contributed by atoms with Crippen molar-refractivity contribution < 1.29 is 9.21 Å². The summed E-state index contributed by atoms with van der Waals surface area (Å²) in [5.41, 5.74) is 0.924. The molecule has 2 aliphatic rings. The summed E-state index contributed by atoms with van der Waals surface area (Å²) in [6.45, 7) is 2.90. The molecule has 1 amide bonds. The Morgan fingerprint density at radius 1 is 1.31 bits per heavy atom. The van der Waals surface area contributed by atoms with Gasteiger partial charge >= 0.3 is 0 Å². The standard InChI is InChI=1S/C20H21N5O2S2/c1-2-24-19(13-7-8-13)21-22-20(24)29-12-18(26)25-15(16-5-3-9-27-16)11-14(23-25)17-6-4-10-28-17/h3-6,9-10,13,15H,2,7-8,11-12H2,1H3/t15-/m1/s1.